The molecular formula is C10H14N2O4S. The summed E-state index contributed by atoms with van der Waals surface area (Å²) in [5, 5.41) is 8.99. The van der Waals surface area contributed by atoms with Gasteiger partial charge in [0.25, 0.3) is 0 Å². The average Bonchev–Trinajstić information content (AvgIpc) is 2.54. The monoisotopic (exact) mass is 258 g/mol. The highest BCUT2D eigenvalue weighted by molar-refractivity contribution is 7.88. The smallest absolute Gasteiger partial charge is 0.352 e. The molecule has 1 N–H and O–H groups in total. The quantitative estimate of drug-likeness (QED) is 0.812. The van der Waals surface area contributed by atoms with Gasteiger partial charge in [0.1, 0.15) is 5.69 Å². The summed E-state index contributed by atoms with van der Waals surface area (Å²) >= 11 is 0. The predicted octanol–water partition coefficient (Wildman–Crippen LogP) is 0.0410. The van der Waals surface area contributed by atoms with E-state index >= 15 is 0 Å². The van der Waals surface area contributed by atoms with Crippen molar-refractivity contribution in [3.8, 4) is 0 Å². The fourth-order valence-corrected chi connectivity index (χ4v) is 2.89. The van der Waals surface area contributed by atoms with Crippen molar-refractivity contribution in [2.75, 3.05) is 12.8 Å². The van der Waals surface area contributed by atoms with E-state index in [1.54, 1.807) is 17.7 Å². The lowest BCUT2D eigenvalue weighted by Gasteiger charge is -2.25. The van der Waals surface area contributed by atoms with Crippen molar-refractivity contribution < 1.29 is 18.3 Å². The number of fused-ring (bicyclic) bond motifs is 1. The van der Waals surface area contributed by atoms with Crippen LogP contribution in [0.25, 0.3) is 0 Å². The highest BCUT2D eigenvalue weighted by atomic mass is 32.2. The van der Waals surface area contributed by atoms with Gasteiger partial charge in [-0.3, -0.25) is 0 Å². The van der Waals surface area contributed by atoms with Crippen LogP contribution in [0.5, 0.6) is 0 Å². The van der Waals surface area contributed by atoms with Gasteiger partial charge in [0.05, 0.1) is 12.8 Å². The lowest BCUT2D eigenvalue weighted by atomic mass is 10.1. The van der Waals surface area contributed by atoms with Crippen LogP contribution in [-0.2, 0) is 30.0 Å². The van der Waals surface area contributed by atoms with E-state index in [2.05, 4.69) is 0 Å². The number of hydrogen-bond donors (Lipinski definition) is 1. The number of hydrogen-bond acceptors (Lipinski definition) is 3. The van der Waals surface area contributed by atoms with Gasteiger partial charge >= 0.3 is 5.97 Å². The van der Waals surface area contributed by atoms with Gasteiger partial charge in [0, 0.05) is 19.3 Å². The van der Waals surface area contributed by atoms with Gasteiger partial charge in [0.2, 0.25) is 10.0 Å². The third kappa shape index (κ3) is 2.07. The molecule has 17 heavy (non-hydrogen) atoms. The maximum absolute atomic E-state index is 11.4. The maximum Gasteiger partial charge on any atom is 0.352 e. The van der Waals surface area contributed by atoms with Crippen molar-refractivity contribution in [3.05, 3.63) is 23.0 Å². The number of nitrogens with zero attached hydrogens (tertiary/aromatic N) is 2. The van der Waals surface area contributed by atoms with Crippen LogP contribution in [0.2, 0.25) is 0 Å². The van der Waals surface area contributed by atoms with Gasteiger partial charge in [-0.2, -0.15) is 4.31 Å². The molecule has 0 amide bonds. The van der Waals surface area contributed by atoms with E-state index in [1.807, 2.05) is 0 Å². The van der Waals surface area contributed by atoms with Crippen LogP contribution < -0.4 is 0 Å². The van der Waals surface area contributed by atoms with Crippen LogP contribution in [0, 0.1) is 0 Å². The summed E-state index contributed by atoms with van der Waals surface area (Å²) in [6.07, 6.45) is 1.72. The van der Waals surface area contributed by atoms with E-state index < -0.39 is 16.0 Å². The van der Waals surface area contributed by atoms with Gasteiger partial charge in [0.15, 0.2) is 0 Å². The first-order valence-electron chi connectivity index (χ1n) is 5.16. The molecule has 1 aromatic rings. The summed E-state index contributed by atoms with van der Waals surface area (Å²) in [5.74, 6) is -0.993. The molecule has 2 rings (SSSR count). The molecule has 1 aliphatic rings. The zero-order chi connectivity index (χ0) is 12.8. The molecule has 94 valence electrons. The average molecular weight is 258 g/mol. The fraction of sp³-hybridized carbons (Fsp3) is 0.500. The molecule has 0 aliphatic carbocycles. The second-order valence-electron chi connectivity index (χ2n) is 4.21. The van der Waals surface area contributed by atoms with Crippen LogP contribution >= 0.6 is 0 Å². The predicted molar refractivity (Wildman–Crippen MR) is 61.3 cm³/mol. The minimum absolute atomic E-state index is 0.199. The summed E-state index contributed by atoms with van der Waals surface area (Å²) in [4.78, 5) is 11.0. The van der Waals surface area contributed by atoms with E-state index in [4.69, 9.17) is 5.11 Å². The molecule has 2 heterocycles. The molecule has 0 spiro atoms. The normalized spacial score (nSPS) is 16.8. The second kappa shape index (κ2) is 3.85. The first-order valence-corrected chi connectivity index (χ1v) is 7.01. The summed E-state index contributed by atoms with van der Waals surface area (Å²) in [5.41, 5.74) is 1.88. The first-order chi connectivity index (χ1) is 7.80. The molecule has 0 fully saturated rings. The topological polar surface area (TPSA) is 79.6 Å². The standard InChI is InChI=1S/C10H14N2O4S/c1-11-8(10(13)14)5-7-3-4-12(6-9(7)11)17(2,15)16/h5H,3-4,6H2,1-2H3,(H,13,14). The third-order valence-electron chi connectivity index (χ3n) is 3.09. The number of carbonyl (C=O) groups is 1. The van der Waals surface area contributed by atoms with E-state index in [0.29, 0.717) is 13.0 Å². The minimum atomic E-state index is -3.22. The molecule has 1 aliphatic heterocycles. The Bertz CT molecular complexity index is 573. The second-order valence-corrected chi connectivity index (χ2v) is 6.19. The van der Waals surface area contributed by atoms with Crippen molar-refractivity contribution in [2.24, 2.45) is 7.05 Å². The molecule has 0 radical (unpaired) electrons. The van der Waals surface area contributed by atoms with Crippen LogP contribution in [0.1, 0.15) is 21.7 Å². The maximum atomic E-state index is 11.4. The first kappa shape index (κ1) is 12.1. The highest BCUT2D eigenvalue weighted by Gasteiger charge is 2.27. The van der Waals surface area contributed by atoms with Crippen molar-refractivity contribution >= 4 is 16.0 Å². The van der Waals surface area contributed by atoms with Gasteiger partial charge < -0.3 is 9.67 Å². The van der Waals surface area contributed by atoms with Crippen molar-refractivity contribution in [1.29, 1.82) is 0 Å². The Labute approximate surface area is 99.5 Å². The SMILES string of the molecule is Cn1c(C(=O)O)cc2c1CN(S(C)(=O)=O)CC2. The van der Waals surface area contributed by atoms with Crippen LogP contribution in [-0.4, -0.2) is 41.2 Å². The Morgan fingerprint density at radius 3 is 2.65 bits per heavy atom. The summed E-state index contributed by atoms with van der Waals surface area (Å²) < 4.78 is 25.8. The van der Waals surface area contributed by atoms with Crippen molar-refractivity contribution in [1.82, 2.24) is 8.87 Å². The molecule has 0 saturated carbocycles. The summed E-state index contributed by atoms with van der Waals surface area (Å²) in [6.45, 7) is 0.660. The molecule has 0 atom stereocenters. The zero-order valence-corrected chi connectivity index (χ0v) is 10.5. The number of carboxylic acid groups (broad SMARTS) is 1. The molecule has 0 unspecified atom stereocenters. The molecular weight excluding hydrogens is 244 g/mol. The summed E-state index contributed by atoms with van der Waals surface area (Å²) in [7, 11) is -1.58. The lowest BCUT2D eigenvalue weighted by molar-refractivity contribution is 0.0686. The Morgan fingerprint density at radius 1 is 1.47 bits per heavy atom. The van der Waals surface area contributed by atoms with E-state index in [-0.39, 0.29) is 12.2 Å². The highest BCUT2D eigenvalue weighted by Crippen LogP contribution is 2.23. The third-order valence-corrected chi connectivity index (χ3v) is 4.34. The number of sulfonamides is 1. The Morgan fingerprint density at radius 2 is 2.12 bits per heavy atom. The van der Waals surface area contributed by atoms with Crippen LogP contribution in [0.4, 0.5) is 0 Å². The van der Waals surface area contributed by atoms with Gasteiger partial charge in [-0.15, -0.1) is 0 Å². The Kier molecular flexibility index (Phi) is 2.75. The Balaban J connectivity index is 2.42. The largest absolute Gasteiger partial charge is 0.477 e. The zero-order valence-electron chi connectivity index (χ0n) is 9.67. The van der Waals surface area contributed by atoms with Crippen molar-refractivity contribution in [2.45, 2.75) is 13.0 Å². The van der Waals surface area contributed by atoms with Gasteiger partial charge in [-0.1, -0.05) is 0 Å². The van der Waals surface area contributed by atoms with E-state index in [0.717, 1.165) is 11.3 Å². The minimum Gasteiger partial charge on any atom is -0.477 e. The lowest BCUT2D eigenvalue weighted by Crippen LogP contribution is -2.35. The van der Waals surface area contributed by atoms with Gasteiger partial charge in [-0.25, -0.2) is 13.2 Å². The number of aromatic nitrogens is 1. The van der Waals surface area contributed by atoms with Crippen LogP contribution in [0.3, 0.4) is 0 Å². The molecule has 0 bridgehead atoms. The number of aromatic carboxylic acids is 1. The van der Waals surface area contributed by atoms with Crippen molar-refractivity contribution in [3.63, 3.8) is 0 Å². The Hall–Kier alpha value is -1.34. The number of rotatable bonds is 2. The molecule has 0 saturated heterocycles. The molecule has 7 heteroatoms. The summed E-state index contributed by atoms with van der Waals surface area (Å²) in [6, 6.07) is 1.62. The fourth-order valence-electron chi connectivity index (χ4n) is 2.11. The van der Waals surface area contributed by atoms with Gasteiger partial charge in [-0.05, 0) is 18.1 Å². The van der Waals surface area contributed by atoms with E-state index in [1.165, 1.54) is 10.6 Å². The molecule has 1 aromatic heterocycles. The molecule has 6 nitrogen and oxygen atoms in total. The molecule has 0 aromatic carbocycles. The van der Waals surface area contributed by atoms with E-state index in [9.17, 15) is 13.2 Å². The number of carboxylic acids is 1. The van der Waals surface area contributed by atoms with Crippen LogP contribution in [0.15, 0.2) is 6.07 Å².